The first-order chi connectivity index (χ1) is 7.83. The molecule has 0 spiro atoms. The fraction of sp³-hybridized carbons (Fsp3) is 0.214. The third-order valence-corrected chi connectivity index (χ3v) is 2.60. The normalized spacial score (nSPS) is 10.1. The van der Waals surface area contributed by atoms with Crippen molar-refractivity contribution in [3.05, 3.63) is 48.2 Å². The maximum Gasteiger partial charge on any atom is 0.119 e. The fourth-order valence-corrected chi connectivity index (χ4v) is 1.59. The Morgan fingerprint density at radius 2 is 2.06 bits per heavy atom. The molecule has 0 unspecified atom stereocenters. The van der Waals surface area contributed by atoms with Crippen LogP contribution in [0.25, 0.3) is 11.3 Å². The number of rotatable bonds is 3. The highest BCUT2D eigenvalue weighted by Crippen LogP contribution is 2.22. The molecular weight excluding hydrogens is 198 g/mol. The molecule has 0 fully saturated rings. The number of pyridine rings is 1. The molecule has 0 aliphatic heterocycles. The molecule has 2 heteroatoms. The Morgan fingerprint density at radius 3 is 2.69 bits per heavy atom. The van der Waals surface area contributed by atoms with Gasteiger partial charge in [-0.1, -0.05) is 25.1 Å². The van der Waals surface area contributed by atoms with Crippen molar-refractivity contribution < 1.29 is 4.74 Å². The molecule has 0 radical (unpaired) electrons. The molecular formula is C14H15NO. The molecule has 0 bridgehead atoms. The van der Waals surface area contributed by atoms with Gasteiger partial charge in [-0.25, -0.2) is 0 Å². The lowest BCUT2D eigenvalue weighted by Crippen LogP contribution is -1.88. The molecule has 2 aromatic rings. The van der Waals surface area contributed by atoms with Gasteiger partial charge >= 0.3 is 0 Å². The molecule has 82 valence electrons. The first-order valence-corrected chi connectivity index (χ1v) is 5.43. The second kappa shape index (κ2) is 4.79. The largest absolute Gasteiger partial charge is 0.497 e. The average Bonchev–Trinajstić information content (AvgIpc) is 2.39. The summed E-state index contributed by atoms with van der Waals surface area (Å²) in [5.41, 5.74) is 3.32. The van der Waals surface area contributed by atoms with Crippen molar-refractivity contribution in [1.82, 2.24) is 4.98 Å². The van der Waals surface area contributed by atoms with Gasteiger partial charge in [-0.05, 0) is 30.2 Å². The smallest absolute Gasteiger partial charge is 0.119 e. The Morgan fingerprint density at radius 1 is 1.19 bits per heavy atom. The Bertz CT molecular complexity index is 462. The predicted octanol–water partition coefficient (Wildman–Crippen LogP) is 3.32. The van der Waals surface area contributed by atoms with Crippen LogP contribution in [-0.4, -0.2) is 12.1 Å². The van der Waals surface area contributed by atoms with Crippen LogP contribution in [0, 0.1) is 0 Å². The Balaban J connectivity index is 2.34. The molecule has 1 heterocycles. The van der Waals surface area contributed by atoms with Crippen molar-refractivity contribution in [1.29, 1.82) is 0 Å². The second-order valence-electron chi connectivity index (χ2n) is 3.64. The van der Waals surface area contributed by atoms with Gasteiger partial charge in [0.1, 0.15) is 5.75 Å². The summed E-state index contributed by atoms with van der Waals surface area (Å²) in [7, 11) is 1.67. The Kier molecular flexibility index (Phi) is 3.20. The molecule has 0 amide bonds. The molecule has 2 rings (SSSR count). The summed E-state index contributed by atoms with van der Waals surface area (Å²) in [6.45, 7) is 2.13. The van der Waals surface area contributed by atoms with E-state index in [1.165, 1.54) is 5.56 Å². The van der Waals surface area contributed by atoms with E-state index in [-0.39, 0.29) is 0 Å². The van der Waals surface area contributed by atoms with Crippen molar-refractivity contribution in [2.75, 3.05) is 7.11 Å². The van der Waals surface area contributed by atoms with E-state index in [0.717, 1.165) is 23.4 Å². The van der Waals surface area contributed by atoms with Gasteiger partial charge in [-0.15, -0.1) is 0 Å². The summed E-state index contributed by atoms with van der Waals surface area (Å²) in [6, 6.07) is 12.1. The Labute approximate surface area is 95.9 Å². The number of methoxy groups -OCH3 is 1. The van der Waals surface area contributed by atoms with Crippen LogP contribution in [0.2, 0.25) is 0 Å². The summed E-state index contributed by atoms with van der Waals surface area (Å²) in [5.74, 6) is 0.860. The number of nitrogens with zero attached hydrogens (tertiary/aromatic N) is 1. The van der Waals surface area contributed by atoms with Gasteiger partial charge < -0.3 is 4.74 Å². The minimum Gasteiger partial charge on any atom is -0.497 e. The number of ether oxygens (including phenoxy) is 1. The van der Waals surface area contributed by atoms with Crippen molar-refractivity contribution in [3.63, 3.8) is 0 Å². The van der Waals surface area contributed by atoms with Crippen LogP contribution in [0.5, 0.6) is 5.75 Å². The quantitative estimate of drug-likeness (QED) is 0.780. The molecule has 0 saturated heterocycles. The summed E-state index contributed by atoms with van der Waals surface area (Å²) in [6.07, 6.45) is 2.94. The van der Waals surface area contributed by atoms with E-state index < -0.39 is 0 Å². The highest BCUT2D eigenvalue weighted by Gasteiger charge is 2.00. The van der Waals surface area contributed by atoms with E-state index in [2.05, 4.69) is 18.0 Å². The zero-order valence-electron chi connectivity index (χ0n) is 9.60. The van der Waals surface area contributed by atoms with Gasteiger partial charge in [-0.3, -0.25) is 4.98 Å². The number of aryl methyl sites for hydroxylation is 1. The minimum absolute atomic E-state index is 0.860. The first-order valence-electron chi connectivity index (χ1n) is 5.43. The van der Waals surface area contributed by atoms with E-state index in [1.54, 1.807) is 7.11 Å². The minimum atomic E-state index is 0.860. The molecule has 1 aromatic heterocycles. The topological polar surface area (TPSA) is 22.1 Å². The van der Waals surface area contributed by atoms with Crippen molar-refractivity contribution in [2.24, 2.45) is 0 Å². The van der Waals surface area contributed by atoms with Crippen molar-refractivity contribution in [2.45, 2.75) is 13.3 Å². The van der Waals surface area contributed by atoms with Crippen LogP contribution in [-0.2, 0) is 6.42 Å². The maximum atomic E-state index is 5.19. The van der Waals surface area contributed by atoms with Crippen LogP contribution in [0.1, 0.15) is 12.5 Å². The van der Waals surface area contributed by atoms with Crippen LogP contribution < -0.4 is 4.74 Å². The van der Waals surface area contributed by atoms with E-state index in [9.17, 15) is 0 Å². The number of benzene rings is 1. The van der Waals surface area contributed by atoms with Gasteiger partial charge in [-0.2, -0.15) is 0 Å². The molecule has 0 N–H and O–H groups in total. The summed E-state index contributed by atoms with van der Waals surface area (Å²) >= 11 is 0. The highest BCUT2D eigenvalue weighted by atomic mass is 16.5. The van der Waals surface area contributed by atoms with Crippen LogP contribution in [0.4, 0.5) is 0 Å². The lowest BCUT2D eigenvalue weighted by molar-refractivity contribution is 0.415. The van der Waals surface area contributed by atoms with Gasteiger partial charge in [0, 0.05) is 11.8 Å². The number of aromatic nitrogens is 1. The molecule has 0 aliphatic carbocycles. The average molecular weight is 213 g/mol. The van der Waals surface area contributed by atoms with Crippen molar-refractivity contribution >= 4 is 0 Å². The highest BCUT2D eigenvalue weighted by molar-refractivity contribution is 5.61. The van der Waals surface area contributed by atoms with E-state index >= 15 is 0 Å². The third-order valence-electron chi connectivity index (χ3n) is 2.60. The molecule has 16 heavy (non-hydrogen) atoms. The molecule has 1 aromatic carbocycles. The van der Waals surface area contributed by atoms with Gasteiger partial charge in [0.15, 0.2) is 0 Å². The van der Waals surface area contributed by atoms with Crippen LogP contribution >= 0.6 is 0 Å². The lowest BCUT2D eigenvalue weighted by Gasteiger charge is -2.04. The standard InChI is InChI=1S/C14H15NO/c1-3-11-7-8-14(15-10-11)12-5-4-6-13(9-12)16-2/h4-10H,3H2,1-2H3. The molecule has 0 aliphatic rings. The fourth-order valence-electron chi connectivity index (χ4n) is 1.59. The van der Waals surface area contributed by atoms with E-state index in [4.69, 9.17) is 4.74 Å². The first kappa shape index (κ1) is 10.7. The SMILES string of the molecule is CCc1ccc(-c2cccc(OC)c2)nc1. The zero-order chi connectivity index (χ0) is 11.4. The Hall–Kier alpha value is -1.83. The van der Waals surface area contributed by atoms with Crippen LogP contribution in [0.3, 0.4) is 0 Å². The second-order valence-corrected chi connectivity index (χ2v) is 3.64. The number of hydrogen-bond donors (Lipinski definition) is 0. The summed E-state index contributed by atoms with van der Waals surface area (Å²) in [4.78, 5) is 4.44. The predicted molar refractivity (Wildman–Crippen MR) is 65.6 cm³/mol. The van der Waals surface area contributed by atoms with Crippen molar-refractivity contribution in [3.8, 4) is 17.0 Å². The molecule has 2 nitrogen and oxygen atoms in total. The monoisotopic (exact) mass is 213 g/mol. The summed E-state index contributed by atoms with van der Waals surface area (Å²) < 4.78 is 5.19. The van der Waals surface area contributed by atoms with E-state index in [1.807, 2.05) is 36.5 Å². The van der Waals surface area contributed by atoms with Gasteiger partial charge in [0.2, 0.25) is 0 Å². The molecule has 0 saturated carbocycles. The van der Waals surface area contributed by atoms with Crippen LogP contribution in [0.15, 0.2) is 42.6 Å². The maximum absolute atomic E-state index is 5.19. The number of hydrogen-bond acceptors (Lipinski definition) is 2. The summed E-state index contributed by atoms with van der Waals surface area (Å²) in [5, 5.41) is 0. The van der Waals surface area contributed by atoms with Gasteiger partial charge in [0.05, 0.1) is 12.8 Å². The van der Waals surface area contributed by atoms with E-state index in [0.29, 0.717) is 0 Å². The molecule has 0 atom stereocenters. The third kappa shape index (κ3) is 2.22. The lowest BCUT2D eigenvalue weighted by atomic mass is 10.1. The zero-order valence-corrected chi connectivity index (χ0v) is 9.60. The van der Waals surface area contributed by atoms with Gasteiger partial charge in [0.25, 0.3) is 0 Å².